The van der Waals surface area contributed by atoms with Gasteiger partial charge in [0.15, 0.2) is 0 Å². The number of hydrogen-bond acceptors (Lipinski definition) is 2. The second kappa shape index (κ2) is 4.59. The summed E-state index contributed by atoms with van der Waals surface area (Å²) in [5.41, 5.74) is 0.889. The lowest BCUT2D eigenvalue weighted by atomic mass is 10.2. The molecule has 3 nitrogen and oxygen atoms in total. The molecule has 17 heavy (non-hydrogen) atoms. The van der Waals surface area contributed by atoms with Crippen molar-refractivity contribution in [2.75, 3.05) is 13.1 Å². The first-order chi connectivity index (χ1) is 7.91. The Morgan fingerprint density at radius 2 is 2.12 bits per heavy atom. The Morgan fingerprint density at radius 1 is 1.41 bits per heavy atom. The summed E-state index contributed by atoms with van der Waals surface area (Å²) in [6, 6.07) is 4.91. The molecule has 0 N–H and O–H groups in total. The molecule has 2 rings (SSSR count). The predicted octanol–water partition coefficient (Wildman–Crippen LogP) is 2.68. The van der Waals surface area contributed by atoms with Crippen LogP contribution in [0.2, 0.25) is 5.02 Å². The summed E-state index contributed by atoms with van der Waals surface area (Å²) >= 11 is 5.97. The smallest absolute Gasteiger partial charge is 0.207 e. The van der Waals surface area contributed by atoms with Crippen LogP contribution in [0.5, 0.6) is 0 Å². The molecular weight excluding hydrogens is 258 g/mol. The first kappa shape index (κ1) is 12.9. The van der Waals surface area contributed by atoms with Gasteiger partial charge in [0.25, 0.3) is 0 Å². The van der Waals surface area contributed by atoms with Crippen LogP contribution in [0.4, 0.5) is 0 Å². The molecule has 1 atom stereocenters. The highest BCUT2D eigenvalue weighted by Gasteiger charge is 2.30. The Bertz CT molecular complexity index is 527. The highest BCUT2D eigenvalue weighted by molar-refractivity contribution is 7.89. The molecular formula is C12H16ClNO2S. The van der Waals surface area contributed by atoms with E-state index in [0.29, 0.717) is 28.9 Å². The normalized spacial score (nSPS) is 21.9. The number of halogens is 1. The SMILES string of the molecule is Cc1ccc(S(=O)(=O)N2CCC(C)C2)cc1Cl. The minimum atomic E-state index is -3.36. The van der Waals surface area contributed by atoms with Gasteiger partial charge in [-0.2, -0.15) is 4.31 Å². The zero-order valence-electron chi connectivity index (χ0n) is 9.98. The highest BCUT2D eigenvalue weighted by atomic mass is 35.5. The average molecular weight is 274 g/mol. The Hall–Kier alpha value is -0.580. The molecule has 1 aromatic carbocycles. The van der Waals surface area contributed by atoms with Gasteiger partial charge < -0.3 is 0 Å². The topological polar surface area (TPSA) is 37.4 Å². The van der Waals surface area contributed by atoms with E-state index >= 15 is 0 Å². The number of benzene rings is 1. The number of hydrogen-bond donors (Lipinski definition) is 0. The standard InChI is InChI=1S/C12H16ClNO2S/c1-9-5-6-14(8-9)17(15,16)11-4-3-10(2)12(13)7-11/h3-4,7,9H,5-6,8H2,1-2H3. The third kappa shape index (κ3) is 2.49. The van der Waals surface area contributed by atoms with Crippen LogP contribution in [-0.2, 0) is 10.0 Å². The van der Waals surface area contributed by atoms with Gasteiger partial charge in [-0.15, -0.1) is 0 Å². The van der Waals surface area contributed by atoms with Gasteiger partial charge in [0, 0.05) is 18.1 Å². The fourth-order valence-corrected chi connectivity index (χ4v) is 3.84. The third-order valence-corrected chi connectivity index (χ3v) is 5.44. The van der Waals surface area contributed by atoms with Crippen molar-refractivity contribution in [3.05, 3.63) is 28.8 Å². The van der Waals surface area contributed by atoms with Crippen LogP contribution in [0, 0.1) is 12.8 Å². The molecule has 1 aliphatic heterocycles. The van der Waals surface area contributed by atoms with Crippen molar-refractivity contribution in [2.24, 2.45) is 5.92 Å². The third-order valence-electron chi connectivity index (χ3n) is 3.17. The average Bonchev–Trinajstić information content (AvgIpc) is 2.69. The molecule has 0 spiro atoms. The van der Waals surface area contributed by atoms with E-state index in [4.69, 9.17) is 11.6 Å². The van der Waals surface area contributed by atoms with Crippen molar-refractivity contribution < 1.29 is 8.42 Å². The molecule has 0 bridgehead atoms. The summed E-state index contributed by atoms with van der Waals surface area (Å²) in [6.07, 6.45) is 0.929. The van der Waals surface area contributed by atoms with Crippen LogP contribution in [0.25, 0.3) is 0 Å². The lowest BCUT2D eigenvalue weighted by Crippen LogP contribution is -2.28. The first-order valence-corrected chi connectivity index (χ1v) is 7.49. The molecule has 1 heterocycles. The summed E-state index contributed by atoms with van der Waals surface area (Å²) < 4.78 is 26.2. The van der Waals surface area contributed by atoms with Crippen molar-refractivity contribution >= 4 is 21.6 Å². The zero-order chi connectivity index (χ0) is 12.6. The van der Waals surface area contributed by atoms with E-state index in [1.807, 2.05) is 6.92 Å². The minimum Gasteiger partial charge on any atom is -0.207 e. The van der Waals surface area contributed by atoms with Crippen LogP contribution in [0.1, 0.15) is 18.9 Å². The van der Waals surface area contributed by atoms with Crippen molar-refractivity contribution in [1.82, 2.24) is 4.31 Å². The number of nitrogens with zero attached hydrogens (tertiary/aromatic N) is 1. The minimum absolute atomic E-state index is 0.294. The van der Waals surface area contributed by atoms with E-state index in [0.717, 1.165) is 12.0 Å². The van der Waals surface area contributed by atoms with Crippen LogP contribution in [-0.4, -0.2) is 25.8 Å². The maximum Gasteiger partial charge on any atom is 0.243 e. The van der Waals surface area contributed by atoms with Crippen LogP contribution < -0.4 is 0 Å². The lowest BCUT2D eigenvalue weighted by molar-refractivity contribution is 0.464. The van der Waals surface area contributed by atoms with E-state index in [1.54, 1.807) is 16.4 Å². The fraction of sp³-hybridized carbons (Fsp3) is 0.500. The van der Waals surface area contributed by atoms with Crippen LogP contribution in [0.15, 0.2) is 23.1 Å². The Kier molecular flexibility index (Phi) is 3.48. The van der Waals surface area contributed by atoms with Crippen molar-refractivity contribution in [1.29, 1.82) is 0 Å². The summed E-state index contributed by atoms with van der Waals surface area (Å²) in [4.78, 5) is 0.294. The zero-order valence-corrected chi connectivity index (χ0v) is 11.6. The van der Waals surface area contributed by atoms with Crippen molar-refractivity contribution in [3.8, 4) is 0 Å². The van der Waals surface area contributed by atoms with E-state index in [2.05, 4.69) is 6.92 Å². The molecule has 1 aliphatic rings. The van der Waals surface area contributed by atoms with E-state index in [9.17, 15) is 8.42 Å². The molecule has 1 unspecified atom stereocenters. The molecule has 1 aromatic rings. The first-order valence-electron chi connectivity index (χ1n) is 5.67. The second-order valence-electron chi connectivity index (χ2n) is 4.67. The molecule has 5 heteroatoms. The van der Waals surface area contributed by atoms with Gasteiger partial charge in [-0.3, -0.25) is 0 Å². The van der Waals surface area contributed by atoms with Gasteiger partial charge in [0.05, 0.1) is 4.90 Å². The number of sulfonamides is 1. The fourth-order valence-electron chi connectivity index (χ4n) is 2.00. The molecule has 94 valence electrons. The number of aryl methyl sites for hydroxylation is 1. The summed E-state index contributed by atoms with van der Waals surface area (Å²) in [5, 5.41) is 0.498. The molecule has 0 aliphatic carbocycles. The maximum absolute atomic E-state index is 12.3. The van der Waals surface area contributed by atoms with E-state index in [-0.39, 0.29) is 0 Å². The largest absolute Gasteiger partial charge is 0.243 e. The van der Waals surface area contributed by atoms with Crippen molar-refractivity contribution in [3.63, 3.8) is 0 Å². The molecule has 1 fully saturated rings. The molecule has 0 radical (unpaired) electrons. The quantitative estimate of drug-likeness (QED) is 0.831. The van der Waals surface area contributed by atoms with Gasteiger partial charge in [-0.05, 0) is 37.0 Å². The van der Waals surface area contributed by atoms with Gasteiger partial charge in [0.1, 0.15) is 0 Å². The summed E-state index contributed by atoms with van der Waals surface area (Å²) in [7, 11) is -3.36. The molecule has 0 saturated carbocycles. The van der Waals surface area contributed by atoms with Crippen LogP contribution >= 0.6 is 11.6 Å². The van der Waals surface area contributed by atoms with Gasteiger partial charge >= 0.3 is 0 Å². The maximum atomic E-state index is 12.3. The predicted molar refractivity (Wildman–Crippen MR) is 68.7 cm³/mol. The van der Waals surface area contributed by atoms with Crippen LogP contribution in [0.3, 0.4) is 0 Å². The highest BCUT2D eigenvalue weighted by Crippen LogP contribution is 2.26. The van der Waals surface area contributed by atoms with E-state index in [1.165, 1.54) is 6.07 Å². The molecule has 0 amide bonds. The number of rotatable bonds is 2. The van der Waals surface area contributed by atoms with Gasteiger partial charge in [-0.25, -0.2) is 8.42 Å². The Morgan fingerprint density at radius 3 is 2.65 bits per heavy atom. The Balaban J connectivity index is 2.35. The summed E-state index contributed by atoms with van der Waals surface area (Å²) in [5.74, 6) is 0.436. The molecule has 1 saturated heterocycles. The Labute approximate surface area is 107 Å². The monoisotopic (exact) mass is 273 g/mol. The molecule has 0 aromatic heterocycles. The van der Waals surface area contributed by atoms with E-state index < -0.39 is 10.0 Å². The van der Waals surface area contributed by atoms with Gasteiger partial charge in [0.2, 0.25) is 10.0 Å². The van der Waals surface area contributed by atoms with Crippen molar-refractivity contribution in [2.45, 2.75) is 25.2 Å². The van der Waals surface area contributed by atoms with Gasteiger partial charge in [-0.1, -0.05) is 24.6 Å². The lowest BCUT2D eigenvalue weighted by Gasteiger charge is -2.16. The summed E-state index contributed by atoms with van der Waals surface area (Å²) in [6.45, 7) is 5.14. The second-order valence-corrected chi connectivity index (χ2v) is 7.01.